The SMILES string of the molecule is CC[O-].CC[O-].CC[O-].[Sm+3]. The topological polar surface area (TPSA) is 69.2 Å². The summed E-state index contributed by atoms with van der Waals surface area (Å²) in [6, 6.07) is 0. The molecule has 0 aromatic carbocycles. The second-order valence-corrected chi connectivity index (χ2v) is 0.866. The van der Waals surface area contributed by atoms with Crippen molar-refractivity contribution in [1.82, 2.24) is 0 Å². The predicted octanol–water partition coefficient (Wildman–Crippen LogP) is -1.90. The van der Waals surface area contributed by atoms with E-state index >= 15 is 0 Å². The third kappa shape index (κ3) is 420. The van der Waals surface area contributed by atoms with E-state index in [4.69, 9.17) is 15.3 Å². The number of hydrogen-bond acceptors (Lipinski definition) is 3. The summed E-state index contributed by atoms with van der Waals surface area (Å²) in [5, 5.41) is 26.8. The van der Waals surface area contributed by atoms with Gasteiger partial charge in [-0.15, -0.1) is 19.8 Å². The maximum absolute atomic E-state index is 8.93. The van der Waals surface area contributed by atoms with Gasteiger partial charge in [0.25, 0.3) is 0 Å². The van der Waals surface area contributed by atoms with Gasteiger partial charge in [0.1, 0.15) is 0 Å². The van der Waals surface area contributed by atoms with Crippen molar-refractivity contribution in [3.63, 3.8) is 0 Å². The van der Waals surface area contributed by atoms with Crippen molar-refractivity contribution in [1.29, 1.82) is 0 Å². The minimum atomic E-state index is 0. The molecule has 0 atom stereocenters. The normalized spacial score (nSPS) is 5.40. The van der Waals surface area contributed by atoms with Crippen molar-refractivity contribution in [3.8, 4) is 0 Å². The fourth-order valence-corrected chi connectivity index (χ4v) is 0. The third-order valence-electron chi connectivity index (χ3n) is 0. The van der Waals surface area contributed by atoms with Gasteiger partial charge in [0.15, 0.2) is 0 Å². The van der Waals surface area contributed by atoms with E-state index in [0.29, 0.717) is 0 Å². The van der Waals surface area contributed by atoms with Gasteiger partial charge in [-0.05, 0) is 0 Å². The van der Waals surface area contributed by atoms with Crippen LogP contribution in [0.3, 0.4) is 0 Å². The predicted molar refractivity (Wildman–Crippen MR) is 31.6 cm³/mol. The van der Waals surface area contributed by atoms with Crippen LogP contribution in [0.25, 0.3) is 0 Å². The van der Waals surface area contributed by atoms with Gasteiger partial charge in [-0.25, -0.2) is 0 Å². The minimum Gasteiger partial charge on any atom is -0.855 e. The van der Waals surface area contributed by atoms with Crippen molar-refractivity contribution in [2.24, 2.45) is 0 Å². The van der Waals surface area contributed by atoms with E-state index in [0.717, 1.165) is 0 Å². The molecule has 63 valence electrons. The summed E-state index contributed by atoms with van der Waals surface area (Å²) in [4.78, 5) is 0. The molecule has 3 nitrogen and oxygen atoms in total. The number of rotatable bonds is 0. The molecule has 0 spiro atoms. The largest absolute Gasteiger partial charge is 3.00 e. The van der Waals surface area contributed by atoms with Gasteiger partial charge in [-0.1, -0.05) is 20.8 Å². The Labute approximate surface area is 95.6 Å². The Hall–Kier alpha value is 1.22. The van der Waals surface area contributed by atoms with Gasteiger partial charge < -0.3 is 15.3 Å². The van der Waals surface area contributed by atoms with Gasteiger partial charge >= 0.3 is 40.4 Å². The first-order chi connectivity index (χ1) is 4.24. The quantitative estimate of drug-likeness (QED) is 0.522. The Bertz CT molecular complexity index is 17.7. The molecule has 0 aliphatic heterocycles. The summed E-state index contributed by atoms with van der Waals surface area (Å²) in [7, 11) is 0. The van der Waals surface area contributed by atoms with Crippen LogP contribution in [0.4, 0.5) is 0 Å². The van der Waals surface area contributed by atoms with E-state index in [1.54, 1.807) is 20.8 Å². The summed E-state index contributed by atoms with van der Waals surface area (Å²) in [6.45, 7) is 4.71. The first-order valence-electron chi connectivity index (χ1n) is 2.99. The van der Waals surface area contributed by atoms with Crippen molar-refractivity contribution < 1.29 is 55.7 Å². The van der Waals surface area contributed by atoms with E-state index in [-0.39, 0.29) is 60.2 Å². The molecule has 0 heterocycles. The summed E-state index contributed by atoms with van der Waals surface area (Å²) in [5.74, 6) is 0. The van der Waals surface area contributed by atoms with E-state index < -0.39 is 0 Å². The van der Waals surface area contributed by atoms with Crippen LogP contribution in [0, 0.1) is 40.4 Å². The Kier molecular flexibility index (Phi) is 110. The molecule has 0 saturated heterocycles. The molecule has 4 heteroatoms. The summed E-state index contributed by atoms with van der Waals surface area (Å²) < 4.78 is 0. The van der Waals surface area contributed by atoms with Crippen molar-refractivity contribution >= 4 is 0 Å². The minimum absolute atomic E-state index is 0. The van der Waals surface area contributed by atoms with Crippen LogP contribution >= 0.6 is 0 Å². The smallest absolute Gasteiger partial charge is 0.855 e. The third-order valence-corrected chi connectivity index (χ3v) is 0. The molecule has 0 aliphatic carbocycles. The molecule has 0 aromatic heterocycles. The van der Waals surface area contributed by atoms with Gasteiger partial charge in [-0.3, -0.25) is 0 Å². The van der Waals surface area contributed by atoms with Crippen LogP contribution in [0.5, 0.6) is 0 Å². The fourth-order valence-electron chi connectivity index (χ4n) is 0. The van der Waals surface area contributed by atoms with Crippen molar-refractivity contribution in [2.75, 3.05) is 19.8 Å². The molecule has 0 saturated carbocycles. The first-order valence-corrected chi connectivity index (χ1v) is 2.99. The molecule has 0 amide bonds. The summed E-state index contributed by atoms with van der Waals surface area (Å²) in [6.07, 6.45) is 0. The van der Waals surface area contributed by atoms with Crippen LogP contribution in [0.15, 0.2) is 0 Å². The zero-order valence-electron chi connectivity index (χ0n) is 6.75. The molecule has 0 fully saturated rings. The molecular formula is C6H15O3Sm. The second-order valence-electron chi connectivity index (χ2n) is 0.866. The fraction of sp³-hybridized carbons (Fsp3) is 1.00. The van der Waals surface area contributed by atoms with E-state index in [9.17, 15) is 0 Å². The molecule has 0 aromatic rings. The first kappa shape index (κ1) is 22.5. The Morgan fingerprint density at radius 3 is 0.700 bits per heavy atom. The second kappa shape index (κ2) is 48.8. The molecule has 10 heavy (non-hydrogen) atoms. The van der Waals surface area contributed by atoms with Gasteiger partial charge in [0.2, 0.25) is 0 Å². The Morgan fingerprint density at radius 2 is 0.700 bits per heavy atom. The van der Waals surface area contributed by atoms with Crippen LogP contribution in [-0.4, -0.2) is 19.8 Å². The summed E-state index contributed by atoms with van der Waals surface area (Å²) >= 11 is 0. The molecule has 0 unspecified atom stereocenters. The molecule has 0 N–H and O–H groups in total. The molecule has 1 radical (unpaired) electrons. The van der Waals surface area contributed by atoms with Crippen LogP contribution in [-0.2, 0) is 0 Å². The maximum atomic E-state index is 8.93. The Balaban J connectivity index is -0.0000000257. The van der Waals surface area contributed by atoms with Gasteiger partial charge in [0, 0.05) is 0 Å². The standard InChI is InChI=1S/3C2H5O.Sm/c3*1-2-3;/h3*2H2,1H3;/q3*-1;+3. The molecule has 0 bridgehead atoms. The molecule has 0 aliphatic rings. The average molecular weight is 286 g/mol. The van der Waals surface area contributed by atoms with E-state index in [1.165, 1.54) is 0 Å². The molecule has 0 rings (SSSR count). The van der Waals surface area contributed by atoms with E-state index in [2.05, 4.69) is 0 Å². The van der Waals surface area contributed by atoms with Crippen LogP contribution < -0.4 is 15.3 Å². The summed E-state index contributed by atoms with van der Waals surface area (Å²) in [5.41, 5.74) is 0. The van der Waals surface area contributed by atoms with Crippen LogP contribution in [0.2, 0.25) is 0 Å². The van der Waals surface area contributed by atoms with Gasteiger partial charge in [0.05, 0.1) is 0 Å². The van der Waals surface area contributed by atoms with Crippen molar-refractivity contribution in [3.05, 3.63) is 0 Å². The molecular weight excluding hydrogens is 270 g/mol. The van der Waals surface area contributed by atoms with Crippen LogP contribution in [0.1, 0.15) is 20.8 Å². The average Bonchev–Trinajstić information content (AvgIpc) is 1.70. The Morgan fingerprint density at radius 1 is 0.700 bits per heavy atom. The zero-order valence-corrected chi connectivity index (χ0v) is 9.37. The zero-order chi connectivity index (χ0) is 8.12. The maximum Gasteiger partial charge on any atom is 3.00 e. The van der Waals surface area contributed by atoms with Crippen molar-refractivity contribution in [2.45, 2.75) is 20.8 Å². The van der Waals surface area contributed by atoms with Gasteiger partial charge in [-0.2, -0.15) is 0 Å². The number of hydrogen-bond donors (Lipinski definition) is 0. The monoisotopic (exact) mass is 287 g/mol. The van der Waals surface area contributed by atoms with E-state index in [1.807, 2.05) is 0 Å².